The van der Waals surface area contributed by atoms with Crippen LogP contribution in [-0.4, -0.2) is 36.9 Å². The summed E-state index contributed by atoms with van der Waals surface area (Å²) in [5.74, 6) is 0.820. The number of hydrogen-bond acceptors (Lipinski definition) is 4. The van der Waals surface area contributed by atoms with Crippen molar-refractivity contribution in [1.29, 1.82) is 0 Å². The van der Waals surface area contributed by atoms with E-state index in [4.69, 9.17) is 9.47 Å². The number of hydrogen-bond donors (Lipinski definition) is 1. The molecule has 0 aliphatic carbocycles. The molecule has 1 saturated heterocycles. The standard InChI is InChI=1S/C17H22N2O2/c1-13(10-18-11-15-6-4-8-20-15)21-16-9-14-5-2-3-7-17(14)19-12-16/h2-3,5,7,9,12-13,15,18H,4,6,8,10-11H2,1H3. The molecular weight excluding hydrogens is 264 g/mol. The smallest absolute Gasteiger partial charge is 0.138 e. The van der Waals surface area contributed by atoms with E-state index in [-0.39, 0.29) is 6.10 Å². The first-order valence-corrected chi connectivity index (χ1v) is 7.65. The lowest BCUT2D eigenvalue weighted by molar-refractivity contribution is 0.106. The van der Waals surface area contributed by atoms with Crippen molar-refractivity contribution in [3.05, 3.63) is 36.5 Å². The van der Waals surface area contributed by atoms with Gasteiger partial charge < -0.3 is 14.8 Å². The fourth-order valence-corrected chi connectivity index (χ4v) is 2.64. The van der Waals surface area contributed by atoms with Crippen LogP contribution < -0.4 is 10.1 Å². The van der Waals surface area contributed by atoms with Crippen LogP contribution in [-0.2, 0) is 4.74 Å². The third kappa shape index (κ3) is 3.93. The maximum Gasteiger partial charge on any atom is 0.138 e. The van der Waals surface area contributed by atoms with E-state index in [2.05, 4.69) is 23.3 Å². The number of rotatable bonds is 6. The minimum absolute atomic E-state index is 0.106. The Kier molecular flexibility index (Phi) is 4.68. The highest BCUT2D eigenvalue weighted by atomic mass is 16.5. The Morgan fingerprint density at radius 1 is 1.43 bits per heavy atom. The van der Waals surface area contributed by atoms with Crippen LogP contribution in [0.1, 0.15) is 19.8 Å². The summed E-state index contributed by atoms with van der Waals surface area (Å²) in [4.78, 5) is 4.41. The molecular formula is C17H22N2O2. The van der Waals surface area contributed by atoms with E-state index in [9.17, 15) is 0 Å². The zero-order valence-electron chi connectivity index (χ0n) is 12.4. The van der Waals surface area contributed by atoms with Gasteiger partial charge in [0.15, 0.2) is 0 Å². The molecule has 1 N–H and O–H groups in total. The summed E-state index contributed by atoms with van der Waals surface area (Å²) in [5.41, 5.74) is 0.994. The van der Waals surface area contributed by atoms with Crippen LogP contribution >= 0.6 is 0 Å². The summed E-state index contributed by atoms with van der Waals surface area (Å²) in [6, 6.07) is 10.1. The molecule has 0 saturated carbocycles. The molecule has 112 valence electrons. The molecule has 4 heteroatoms. The molecule has 0 bridgehead atoms. The van der Waals surface area contributed by atoms with Gasteiger partial charge in [-0.15, -0.1) is 0 Å². The summed E-state index contributed by atoms with van der Waals surface area (Å²) in [6.07, 6.45) is 4.62. The number of nitrogens with one attached hydrogen (secondary N) is 1. The zero-order chi connectivity index (χ0) is 14.5. The van der Waals surface area contributed by atoms with E-state index >= 15 is 0 Å². The highest BCUT2D eigenvalue weighted by Gasteiger charge is 2.15. The summed E-state index contributed by atoms with van der Waals surface area (Å²) < 4.78 is 11.5. The summed E-state index contributed by atoms with van der Waals surface area (Å²) in [6.45, 7) is 4.69. The van der Waals surface area contributed by atoms with Gasteiger partial charge in [0.2, 0.25) is 0 Å². The predicted molar refractivity (Wildman–Crippen MR) is 83.7 cm³/mol. The first kappa shape index (κ1) is 14.3. The van der Waals surface area contributed by atoms with Crippen LogP contribution in [0.5, 0.6) is 5.75 Å². The average molecular weight is 286 g/mol. The number of fused-ring (bicyclic) bond motifs is 1. The van der Waals surface area contributed by atoms with Gasteiger partial charge in [-0.2, -0.15) is 0 Å². The van der Waals surface area contributed by atoms with Crippen molar-refractivity contribution in [2.24, 2.45) is 0 Å². The highest BCUT2D eigenvalue weighted by molar-refractivity contribution is 5.79. The summed E-state index contributed by atoms with van der Waals surface area (Å²) in [5, 5.41) is 4.52. The zero-order valence-corrected chi connectivity index (χ0v) is 12.4. The largest absolute Gasteiger partial charge is 0.488 e. The first-order chi connectivity index (χ1) is 10.3. The second-order valence-electron chi connectivity index (χ2n) is 5.59. The van der Waals surface area contributed by atoms with Crippen molar-refractivity contribution >= 4 is 10.9 Å². The van der Waals surface area contributed by atoms with Crippen molar-refractivity contribution in [2.45, 2.75) is 32.0 Å². The second-order valence-corrected chi connectivity index (χ2v) is 5.59. The van der Waals surface area contributed by atoms with Gasteiger partial charge in [0.1, 0.15) is 11.9 Å². The van der Waals surface area contributed by atoms with Gasteiger partial charge >= 0.3 is 0 Å². The lowest BCUT2D eigenvalue weighted by Gasteiger charge is -2.17. The van der Waals surface area contributed by atoms with E-state index in [0.29, 0.717) is 6.10 Å². The van der Waals surface area contributed by atoms with Crippen LogP contribution in [0, 0.1) is 0 Å². The molecule has 1 fully saturated rings. The van der Waals surface area contributed by atoms with Gasteiger partial charge in [0.25, 0.3) is 0 Å². The van der Waals surface area contributed by atoms with Gasteiger partial charge in [0, 0.05) is 25.1 Å². The summed E-state index contributed by atoms with van der Waals surface area (Å²) >= 11 is 0. The Labute approximate surface area is 125 Å². The van der Waals surface area contributed by atoms with Gasteiger partial charge in [-0.3, -0.25) is 4.98 Å². The molecule has 1 aliphatic heterocycles. The number of nitrogens with zero attached hydrogens (tertiary/aromatic N) is 1. The molecule has 1 aromatic carbocycles. The Balaban J connectivity index is 1.49. The molecule has 1 aromatic heterocycles. The molecule has 2 aromatic rings. The third-order valence-electron chi connectivity index (χ3n) is 3.73. The molecule has 0 amide bonds. The van der Waals surface area contributed by atoms with Crippen LogP contribution in [0.2, 0.25) is 0 Å². The maximum absolute atomic E-state index is 5.92. The molecule has 0 radical (unpaired) electrons. The lowest BCUT2D eigenvalue weighted by atomic mass is 10.2. The lowest BCUT2D eigenvalue weighted by Crippen LogP contribution is -2.34. The third-order valence-corrected chi connectivity index (χ3v) is 3.73. The fourth-order valence-electron chi connectivity index (χ4n) is 2.64. The van der Waals surface area contributed by atoms with Gasteiger partial charge in [-0.25, -0.2) is 0 Å². The van der Waals surface area contributed by atoms with Gasteiger partial charge in [-0.05, 0) is 31.9 Å². The van der Waals surface area contributed by atoms with Crippen LogP contribution in [0.25, 0.3) is 10.9 Å². The average Bonchev–Trinajstić information content (AvgIpc) is 3.00. The van der Waals surface area contributed by atoms with Crippen molar-refractivity contribution in [1.82, 2.24) is 10.3 Å². The Bertz CT molecular complexity index is 582. The minimum atomic E-state index is 0.106. The highest BCUT2D eigenvalue weighted by Crippen LogP contribution is 2.18. The van der Waals surface area contributed by atoms with E-state index in [1.807, 2.05) is 24.3 Å². The van der Waals surface area contributed by atoms with Crippen molar-refractivity contribution in [3.63, 3.8) is 0 Å². The Morgan fingerprint density at radius 2 is 2.33 bits per heavy atom. The number of aromatic nitrogens is 1. The molecule has 2 unspecified atom stereocenters. The normalized spacial score (nSPS) is 19.8. The SMILES string of the molecule is CC(CNCC1CCCO1)Oc1cnc2ccccc2c1. The Hall–Kier alpha value is -1.65. The van der Waals surface area contributed by atoms with Gasteiger partial charge in [-0.1, -0.05) is 18.2 Å². The quantitative estimate of drug-likeness (QED) is 0.887. The van der Waals surface area contributed by atoms with Gasteiger partial charge in [0.05, 0.1) is 17.8 Å². The van der Waals surface area contributed by atoms with Crippen LogP contribution in [0.15, 0.2) is 36.5 Å². The van der Waals surface area contributed by atoms with Crippen molar-refractivity contribution < 1.29 is 9.47 Å². The number of pyridine rings is 1. The molecule has 1 aliphatic rings. The van der Waals surface area contributed by atoms with Crippen LogP contribution in [0.4, 0.5) is 0 Å². The number of ether oxygens (including phenoxy) is 2. The van der Waals surface area contributed by atoms with E-state index in [0.717, 1.165) is 42.8 Å². The Morgan fingerprint density at radius 3 is 3.19 bits per heavy atom. The number of benzene rings is 1. The molecule has 0 spiro atoms. The van der Waals surface area contributed by atoms with E-state index < -0.39 is 0 Å². The molecule has 3 rings (SSSR count). The fraction of sp³-hybridized carbons (Fsp3) is 0.471. The molecule has 2 atom stereocenters. The predicted octanol–water partition coefficient (Wildman–Crippen LogP) is 2.77. The van der Waals surface area contributed by atoms with E-state index in [1.54, 1.807) is 6.20 Å². The molecule has 21 heavy (non-hydrogen) atoms. The molecule has 2 heterocycles. The first-order valence-electron chi connectivity index (χ1n) is 7.65. The molecule has 4 nitrogen and oxygen atoms in total. The maximum atomic E-state index is 5.92. The minimum Gasteiger partial charge on any atom is -0.488 e. The second kappa shape index (κ2) is 6.87. The monoisotopic (exact) mass is 286 g/mol. The summed E-state index contributed by atoms with van der Waals surface area (Å²) in [7, 11) is 0. The van der Waals surface area contributed by atoms with E-state index in [1.165, 1.54) is 6.42 Å². The number of para-hydroxylation sites is 1. The van der Waals surface area contributed by atoms with Crippen molar-refractivity contribution in [2.75, 3.05) is 19.7 Å². The topological polar surface area (TPSA) is 43.4 Å². The van der Waals surface area contributed by atoms with Crippen molar-refractivity contribution in [3.8, 4) is 5.75 Å². The van der Waals surface area contributed by atoms with Crippen LogP contribution in [0.3, 0.4) is 0 Å².